The van der Waals surface area contributed by atoms with Crippen LogP contribution in [0.2, 0.25) is 10.0 Å². The molecule has 0 spiro atoms. The number of hydrogen-bond acceptors (Lipinski definition) is 5. The zero-order chi connectivity index (χ0) is 24.9. The van der Waals surface area contributed by atoms with Gasteiger partial charge in [0.25, 0.3) is 10.0 Å². The molecule has 10 heteroatoms. The monoisotopic (exact) mass is 522 g/mol. The van der Waals surface area contributed by atoms with E-state index in [4.69, 9.17) is 32.7 Å². The zero-order valence-electron chi connectivity index (χ0n) is 18.8. The highest BCUT2D eigenvalue weighted by Gasteiger charge is 2.30. The van der Waals surface area contributed by atoms with Gasteiger partial charge in [-0.2, -0.15) is 0 Å². The number of hydrogen-bond donors (Lipinski definition) is 1. The molecule has 34 heavy (non-hydrogen) atoms. The van der Waals surface area contributed by atoms with Gasteiger partial charge in [0, 0.05) is 29.6 Å². The zero-order valence-corrected chi connectivity index (χ0v) is 21.2. The first-order chi connectivity index (χ1) is 16.2. The summed E-state index contributed by atoms with van der Waals surface area (Å²) in [7, 11) is 0.118. The Morgan fingerprint density at radius 2 is 1.65 bits per heavy atom. The Morgan fingerprint density at radius 1 is 0.941 bits per heavy atom. The summed E-state index contributed by atoms with van der Waals surface area (Å²) in [6.45, 7) is -0.440. The first kappa shape index (κ1) is 25.7. The number of ether oxygens (including phenoxy) is 2. The average Bonchev–Trinajstić information content (AvgIpc) is 2.83. The number of anilines is 1. The van der Waals surface area contributed by atoms with Gasteiger partial charge < -0.3 is 14.8 Å². The number of halogens is 2. The Balaban J connectivity index is 2.17. The van der Waals surface area contributed by atoms with Crippen LogP contribution in [0.25, 0.3) is 0 Å². The molecule has 0 bridgehead atoms. The van der Waals surface area contributed by atoms with Gasteiger partial charge in [-0.3, -0.25) is 9.10 Å². The van der Waals surface area contributed by atoms with Crippen molar-refractivity contribution in [3.05, 3.63) is 81.8 Å². The van der Waals surface area contributed by atoms with Gasteiger partial charge in [-0.1, -0.05) is 41.4 Å². The van der Waals surface area contributed by atoms with E-state index in [2.05, 4.69) is 5.32 Å². The van der Waals surface area contributed by atoms with Crippen LogP contribution in [0.5, 0.6) is 11.5 Å². The van der Waals surface area contributed by atoms with Gasteiger partial charge in [-0.25, -0.2) is 8.42 Å². The van der Waals surface area contributed by atoms with E-state index in [1.807, 2.05) is 18.2 Å². The van der Waals surface area contributed by atoms with Crippen molar-refractivity contribution >= 4 is 44.8 Å². The lowest BCUT2D eigenvalue weighted by molar-refractivity contribution is -0.119. The summed E-state index contributed by atoms with van der Waals surface area (Å²) in [4.78, 5) is 12.3. The highest BCUT2D eigenvalue weighted by atomic mass is 35.5. The van der Waals surface area contributed by atoms with Crippen LogP contribution >= 0.6 is 23.2 Å². The molecule has 0 aliphatic heterocycles. The maximum absolute atomic E-state index is 13.8. The predicted molar refractivity (Wildman–Crippen MR) is 134 cm³/mol. The van der Waals surface area contributed by atoms with Crippen molar-refractivity contribution in [1.82, 2.24) is 5.32 Å². The van der Waals surface area contributed by atoms with E-state index in [1.54, 1.807) is 24.3 Å². The molecule has 3 rings (SSSR count). The third-order valence-electron chi connectivity index (χ3n) is 5.16. The number of methoxy groups -OCH3 is 2. The highest BCUT2D eigenvalue weighted by Crippen LogP contribution is 2.35. The summed E-state index contributed by atoms with van der Waals surface area (Å²) in [6, 6.07) is 16.3. The molecule has 180 valence electrons. The van der Waals surface area contributed by atoms with Gasteiger partial charge in [0.2, 0.25) is 5.91 Å². The summed E-state index contributed by atoms with van der Waals surface area (Å²) in [5.41, 5.74) is 1.69. The van der Waals surface area contributed by atoms with Gasteiger partial charge in [0.05, 0.1) is 24.8 Å². The van der Waals surface area contributed by atoms with E-state index >= 15 is 0 Å². The fraction of sp³-hybridized carbons (Fsp3) is 0.208. The molecule has 0 heterocycles. The van der Waals surface area contributed by atoms with E-state index in [0.717, 1.165) is 9.87 Å². The molecule has 0 aromatic heterocycles. The second-order valence-electron chi connectivity index (χ2n) is 7.24. The summed E-state index contributed by atoms with van der Waals surface area (Å²) in [5.74, 6) is 0.142. The number of rotatable bonds is 9. The molecule has 0 unspecified atom stereocenters. The Kier molecular flexibility index (Phi) is 8.30. The smallest absolute Gasteiger partial charge is 0.264 e. The van der Waals surface area contributed by atoms with Crippen molar-refractivity contribution < 1.29 is 22.7 Å². The number of nitrogens with zero attached hydrogens (tertiary/aromatic N) is 1. The fourth-order valence-corrected chi connectivity index (χ4v) is 5.27. The Morgan fingerprint density at radius 3 is 2.29 bits per heavy atom. The molecule has 1 amide bonds. The number of amides is 1. The van der Waals surface area contributed by atoms with Gasteiger partial charge in [-0.05, 0) is 47.5 Å². The summed E-state index contributed by atoms with van der Waals surface area (Å²) < 4.78 is 39.1. The van der Waals surface area contributed by atoms with E-state index in [-0.39, 0.29) is 10.6 Å². The van der Waals surface area contributed by atoms with E-state index in [1.165, 1.54) is 39.5 Å². The molecule has 3 aromatic carbocycles. The second kappa shape index (κ2) is 11.0. The van der Waals surface area contributed by atoms with Gasteiger partial charge in [-0.15, -0.1) is 0 Å². The minimum atomic E-state index is -4.19. The molecule has 0 radical (unpaired) electrons. The Bertz CT molecular complexity index is 1300. The molecule has 1 N–H and O–H groups in total. The maximum atomic E-state index is 13.8. The molecule has 0 fully saturated rings. The topological polar surface area (TPSA) is 84.9 Å². The first-order valence-electron chi connectivity index (χ1n) is 10.2. The van der Waals surface area contributed by atoms with E-state index < -0.39 is 22.5 Å². The second-order valence-corrected chi connectivity index (χ2v) is 9.95. The highest BCUT2D eigenvalue weighted by molar-refractivity contribution is 7.92. The van der Waals surface area contributed by atoms with Crippen LogP contribution in [0.4, 0.5) is 5.69 Å². The third-order valence-corrected chi connectivity index (χ3v) is 7.52. The number of benzene rings is 3. The van der Waals surface area contributed by atoms with Gasteiger partial charge >= 0.3 is 0 Å². The van der Waals surface area contributed by atoms with Gasteiger partial charge in [0.15, 0.2) is 11.5 Å². The van der Waals surface area contributed by atoms with Crippen molar-refractivity contribution in [3.8, 4) is 11.5 Å². The number of carbonyl (C=O) groups excluding carboxylic acids is 1. The fourth-order valence-electron chi connectivity index (χ4n) is 3.40. The van der Waals surface area contributed by atoms with Crippen LogP contribution in [-0.4, -0.2) is 42.1 Å². The SMILES string of the molecule is CNC(=O)CN(c1ccc(Cl)cc1Cc1ccccc1Cl)S(=O)(=O)c1ccc(OC)c(OC)c1. The minimum Gasteiger partial charge on any atom is -0.493 e. The summed E-state index contributed by atoms with van der Waals surface area (Å²) in [5, 5.41) is 3.44. The van der Waals surface area contributed by atoms with Crippen molar-refractivity contribution in [2.45, 2.75) is 11.3 Å². The predicted octanol–water partition coefficient (Wildman–Crippen LogP) is 4.54. The Hall–Kier alpha value is -2.94. The minimum absolute atomic E-state index is 0.0623. The number of likely N-dealkylation sites (N-methyl/N-ethyl adjacent to an activating group) is 1. The Labute approximate surface area is 209 Å². The van der Waals surface area contributed by atoms with Crippen LogP contribution in [-0.2, 0) is 21.2 Å². The van der Waals surface area contributed by atoms with E-state index in [0.29, 0.717) is 33.5 Å². The summed E-state index contributed by atoms with van der Waals surface area (Å²) in [6.07, 6.45) is 0.307. The lowest BCUT2D eigenvalue weighted by Gasteiger charge is -2.27. The number of nitrogens with one attached hydrogen (secondary N) is 1. The average molecular weight is 523 g/mol. The molecule has 0 aliphatic rings. The van der Waals surface area contributed by atoms with Crippen molar-refractivity contribution in [2.24, 2.45) is 0 Å². The standard InChI is InChI=1S/C24H24Cl2N2O5S/c1-27-24(29)15-28(34(30,31)19-9-11-22(32-2)23(14-19)33-3)21-10-8-18(25)13-17(21)12-16-6-4-5-7-20(16)26/h4-11,13-14H,12,15H2,1-3H3,(H,27,29). The normalized spacial score (nSPS) is 11.1. The van der Waals surface area contributed by atoms with Crippen LogP contribution in [0.15, 0.2) is 65.6 Å². The van der Waals surface area contributed by atoms with Crippen LogP contribution in [0.3, 0.4) is 0 Å². The molecular weight excluding hydrogens is 499 g/mol. The molecule has 7 nitrogen and oxygen atoms in total. The van der Waals surface area contributed by atoms with Gasteiger partial charge in [0.1, 0.15) is 6.54 Å². The van der Waals surface area contributed by atoms with E-state index in [9.17, 15) is 13.2 Å². The van der Waals surface area contributed by atoms with Crippen molar-refractivity contribution in [2.75, 3.05) is 32.1 Å². The number of sulfonamides is 1. The lowest BCUT2D eigenvalue weighted by atomic mass is 10.0. The van der Waals surface area contributed by atoms with Crippen molar-refractivity contribution in [3.63, 3.8) is 0 Å². The summed E-state index contributed by atoms with van der Waals surface area (Å²) >= 11 is 12.6. The quantitative estimate of drug-likeness (QED) is 0.445. The molecule has 3 aromatic rings. The largest absolute Gasteiger partial charge is 0.493 e. The molecule has 0 atom stereocenters. The number of carbonyl (C=O) groups is 1. The maximum Gasteiger partial charge on any atom is 0.264 e. The van der Waals surface area contributed by atoms with Crippen molar-refractivity contribution in [1.29, 1.82) is 0 Å². The molecule has 0 saturated heterocycles. The first-order valence-corrected chi connectivity index (χ1v) is 12.4. The van der Waals surface area contributed by atoms with Crippen LogP contribution in [0.1, 0.15) is 11.1 Å². The molecule has 0 saturated carbocycles. The molecular formula is C24H24Cl2N2O5S. The van der Waals surface area contributed by atoms with Crippen LogP contribution < -0.4 is 19.1 Å². The lowest BCUT2D eigenvalue weighted by Crippen LogP contribution is -2.40. The van der Waals surface area contributed by atoms with Crippen LogP contribution in [0, 0.1) is 0 Å². The molecule has 0 aliphatic carbocycles. The third kappa shape index (κ3) is 5.58.